The molecule has 5 nitrogen and oxygen atoms in total. The van der Waals surface area contributed by atoms with Crippen molar-refractivity contribution in [1.82, 2.24) is 15.0 Å². The fourth-order valence-electron chi connectivity index (χ4n) is 2.53. The molecule has 1 aliphatic rings. The van der Waals surface area contributed by atoms with E-state index in [4.69, 9.17) is 0 Å². The molecule has 2 heterocycles. The lowest BCUT2D eigenvalue weighted by Crippen LogP contribution is -2.47. The van der Waals surface area contributed by atoms with E-state index < -0.39 is 0 Å². The largest absolute Gasteiger partial charge is 0.354 e. The molecule has 1 aromatic heterocycles. The summed E-state index contributed by atoms with van der Waals surface area (Å²) in [5.74, 6) is 1.51. The molecule has 2 rings (SSSR count). The van der Waals surface area contributed by atoms with E-state index in [2.05, 4.69) is 62.4 Å². The quantitative estimate of drug-likeness (QED) is 0.855. The molecule has 0 amide bonds. The second-order valence-corrected chi connectivity index (χ2v) is 6.32. The van der Waals surface area contributed by atoms with Gasteiger partial charge in [-0.25, -0.2) is 9.99 Å². The number of hydrogen-bond acceptors (Lipinski definition) is 5. The second kappa shape index (κ2) is 7.22. The Balaban J connectivity index is 2.10. The van der Waals surface area contributed by atoms with Gasteiger partial charge in [0.05, 0.1) is 4.47 Å². The molecule has 6 heteroatoms. The number of hydrazine groups is 1. The van der Waals surface area contributed by atoms with Crippen LogP contribution in [0.4, 0.5) is 11.8 Å². The average Bonchev–Trinajstić information content (AvgIpc) is 2.43. The zero-order valence-corrected chi connectivity index (χ0v) is 14.1. The van der Waals surface area contributed by atoms with Crippen LogP contribution < -0.4 is 10.7 Å². The molecule has 2 atom stereocenters. The number of aromatic nitrogens is 2. The van der Waals surface area contributed by atoms with Gasteiger partial charge in [-0.15, -0.1) is 0 Å². The van der Waals surface area contributed by atoms with Gasteiger partial charge in [0.2, 0.25) is 5.95 Å². The van der Waals surface area contributed by atoms with Crippen molar-refractivity contribution in [2.45, 2.75) is 58.5 Å². The van der Waals surface area contributed by atoms with Gasteiger partial charge in [0.15, 0.2) is 5.82 Å². The fraction of sp³-hybridized carbons (Fsp3) is 0.714. The van der Waals surface area contributed by atoms with Crippen LogP contribution in [0.5, 0.6) is 0 Å². The van der Waals surface area contributed by atoms with E-state index >= 15 is 0 Å². The van der Waals surface area contributed by atoms with Gasteiger partial charge in [-0.2, -0.15) is 4.98 Å². The van der Waals surface area contributed by atoms with Gasteiger partial charge in [-0.3, -0.25) is 0 Å². The molecule has 1 fully saturated rings. The van der Waals surface area contributed by atoms with E-state index in [1.54, 1.807) is 6.20 Å². The molecular formula is C14H24BrN5. The van der Waals surface area contributed by atoms with Crippen molar-refractivity contribution in [2.75, 3.05) is 17.3 Å². The Hall–Kier alpha value is -0.880. The highest BCUT2D eigenvalue weighted by atomic mass is 79.9. The van der Waals surface area contributed by atoms with Crippen molar-refractivity contribution in [3.05, 3.63) is 10.7 Å². The van der Waals surface area contributed by atoms with Crippen molar-refractivity contribution in [3.63, 3.8) is 0 Å². The third-order valence-corrected chi connectivity index (χ3v) is 4.29. The summed E-state index contributed by atoms with van der Waals surface area (Å²) in [7, 11) is 0. The van der Waals surface area contributed by atoms with Crippen LogP contribution in [0.1, 0.15) is 46.5 Å². The minimum absolute atomic E-state index is 0.521. The highest BCUT2D eigenvalue weighted by Gasteiger charge is 2.25. The van der Waals surface area contributed by atoms with Gasteiger partial charge in [0.25, 0.3) is 0 Å². The average molecular weight is 342 g/mol. The van der Waals surface area contributed by atoms with Crippen LogP contribution in [0.15, 0.2) is 10.7 Å². The van der Waals surface area contributed by atoms with Gasteiger partial charge in [-0.05, 0) is 49.0 Å². The molecule has 1 aliphatic heterocycles. The normalized spacial score (nSPS) is 23.6. The van der Waals surface area contributed by atoms with Crippen LogP contribution >= 0.6 is 15.9 Å². The number of hydrogen-bond donors (Lipinski definition) is 2. The van der Waals surface area contributed by atoms with Gasteiger partial charge in [0, 0.05) is 24.8 Å². The maximum Gasteiger partial charge on any atom is 0.224 e. The highest BCUT2D eigenvalue weighted by Crippen LogP contribution is 2.26. The van der Waals surface area contributed by atoms with Crippen molar-refractivity contribution in [3.8, 4) is 0 Å². The molecule has 0 radical (unpaired) electrons. The van der Waals surface area contributed by atoms with Gasteiger partial charge < -0.3 is 10.7 Å². The predicted molar refractivity (Wildman–Crippen MR) is 86.7 cm³/mol. The van der Waals surface area contributed by atoms with Crippen LogP contribution in [0.2, 0.25) is 0 Å². The molecule has 2 unspecified atom stereocenters. The summed E-state index contributed by atoms with van der Waals surface area (Å²) in [5, 5.41) is 5.53. The Morgan fingerprint density at radius 3 is 2.70 bits per heavy atom. The maximum atomic E-state index is 4.55. The van der Waals surface area contributed by atoms with E-state index in [-0.39, 0.29) is 0 Å². The first-order valence-electron chi connectivity index (χ1n) is 7.43. The summed E-state index contributed by atoms with van der Waals surface area (Å²) in [4.78, 5) is 8.83. The van der Waals surface area contributed by atoms with E-state index in [1.165, 1.54) is 19.3 Å². The first kappa shape index (κ1) is 15.5. The highest BCUT2D eigenvalue weighted by molar-refractivity contribution is 9.10. The Morgan fingerprint density at radius 2 is 2.05 bits per heavy atom. The minimum atomic E-state index is 0.521. The molecule has 20 heavy (non-hydrogen) atoms. The van der Waals surface area contributed by atoms with Crippen molar-refractivity contribution in [1.29, 1.82) is 0 Å². The zero-order valence-electron chi connectivity index (χ0n) is 12.5. The summed E-state index contributed by atoms with van der Waals surface area (Å²) in [6, 6.07) is 1.04. The summed E-state index contributed by atoms with van der Waals surface area (Å²) in [6.07, 6.45) is 6.60. The summed E-state index contributed by atoms with van der Waals surface area (Å²) in [5.41, 5.74) is 3.46. The second-order valence-electron chi connectivity index (χ2n) is 5.46. The molecular weight excluding hydrogens is 318 g/mol. The number of nitrogens with one attached hydrogen (secondary N) is 2. The summed E-state index contributed by atoms with van der Waals surface area (Å²) < 4.78 is 0.893. The molecule has 1 saturated heterocycles. The Labute approximate surface area is 129 Å². The monoisotopic (exact) mass is 341 g/mol. The molecule has 0 bridgehead atoms. The minimum Gasteiger partial charge on any atom is -0.354 e. The Kier molecular flexibility index (Phi) is 5.60. The van der Waals surface area contributed by atoms with Gasteiger partial charge in [0.1, 0.15) is 0 Å². The van der Waals surface area contributed by atoms with E-state index in [0.717, 1.165) is 23.3 Å². The molecule has 0 spiro atoms. The smallest absolute Gasteiger partial charge is 0.224 e. The number of piperidine rings is 1. The Bertz CT molecular complexity index is 430. The van der Waals surface area contributed by atoms with Crippen LogP contribution in [0.3, 0.4) is 0 Å². The van der Waals surface area contributed by atoms with Gasteiger partial charge >= 0.3 is 0 Å². The summed E-state index contributed by atoms with van der Waals surface area (Å²) in [6.45, 7) is 7.53. The molecule has 112 valence electrons. The molecule has 0 saturated carbocycles. The number of rotatable bonds is 5. The molecule has 1 aromatic rings. The topological polar surface area (TPSA) is 53.1 Å². The van der Waals surface area contributed by atoms with Crippen LogP contribution in [0.25, 0.3) is 0 Å². The third kappa shape index (κ3) is 3.82. The first-order chi connectivity index (χ1) is 9.61. The Morgan fingerprint density at radius 1 is 1.35 bits per heavy atom. The van der Waals surface area contributed by atoms with Gasteiger partial charge in [-0.1, -0.05) is 13.3 Å². The lowest BCUT2D eigenvalue weighted by Gasteiger charge is -2.39. The van der Waals surface area contributed by atoms with E-state index in [0.29, 0.717) is 18.0 Å². The number of nitrogens with zero attached hydrogens (tertiary/aromatic N) is 3. The lowest BCUT2D eigenvalue weighted by molar-refractivity contribution is 0.135. The van der Waals surface area contributed by atoms with Crippen molar-refractivity contribution >= 4 is 27.7 Å². The molecule has 0 aliphatic carbocycles. The number of halogens is 1. The predicted octanol–water partition coefficient (Wildman–Crippen LogP) is 3.65. The maximum absolute atomic E-state index is 4.55. The lowest BCUT2D eigenvalue weighted by atomic mass is 10.00. The zero-order chi connectivity index (χ0) is 14.5. The standard InChI is InChI=1S/C14H24BrN5/c1-4-8-16-14-17-9-12(15)13(18-14)19-20-10(2)6-5-7-11(20)3/h9-11H,4-8H2,1-3H3,(H2,16,17,18,19). The molecule has 0 aromatic carbocycles. The SMILES string of the molecule is CCCNc1ncc(Br)c(NN2C(C)CCCC2C)n1. The summed E-state index contributed by atoms with van der Waals surface area (Å²) >= 11 is 3.52. The van der Waals surface area contributed by atoms with Crippen molar-refractivity contribution in [2.24, 2.45) is 0 Å². The van der Waals surface area contributed by atoms with Crippen molar-refractivity contribution < 1.29 is 0 Å². The van der Waals surface area contributed by atoms with Crippen LogP contribution in [-0.4, -0.2) is 33.6 Å². The van der Waals surface area contributed by atoms with Crippen LogP contribution in [0, 0.1) is 0 Å². The number of anilines is 2. The third-order valence-electron chi connectivity index (χ3n) is 3.71. The fourth-order valence-corrected chi connectivity index (χ4v) is 2.81. The van der Waals surface area contributed by atoms with E-state index in [1.807, 2.05) is 0 Å². The van der Waals surface area contributed by atoms with E-state index in [9.17, 15) is 0 Å². The van der Waals surface area contributed by atoms with Crippen LogP contribution in [-0.2, 0) is 0 Å². The first-order valence-corrected chi connectivity index (χ1v) is 8.22. The molecule has 2 N–H and O–H groups in total.